The quantitative estimate of drug-likeness (QED) is 0.464. The Labute approximate surface area is 139 Å². The Morgan fingerprint density at radius 1 is 0.636 bits per heavy atom. The summed E-state index contributed by atoms with van der Waals surface area (Å²) in [6.45, 7) is 13.3. The first-order valence-electron chi connectivity index (χ1n) is 8.21. The minimum atomic E-state index is -1.80. The zero-order chi connectivity index (χ0) is 16.5. The summed E-state index contributed by atoms with van der Waals surface area (Å²) in [4.78, 5) is 0. The highest BCUT2D eigenvalue weighted by molar-refractivity contribution is 7.00. The molecule has 0 aliphatic carbocycles. The Kier molecular flexibility index (Phi) is 4.57. The van der Waals surface area contributed by atoms with Gasteiger partial charge in [-0.05, 0) is 52.1 Å². The van der Waals surface area contributed by atoms with Crippen LogP contribution in [0.5, 0.6) is 0 Å². The fraction of sp³-hybridized carbons (Fsp3) is 0.579. The molecule has 2 aliphatic rings. The predicted molar refractivity (Wildman–Crippen MR) is 104 cm³/mol. The zero-order valence-corrected chi connectivity index (χ0v) is 17.8. The average Bonchev–Trinajstić information content (AvgIpc) is 2.89. The van der Waals surface area contributed by atoms with Gasteiger partial charge >= 0.3 is 0 Å². The van der Waals surface area contributed by atoms with E-state index in [1.807, 2.05) is 0 Å². The molecular formula is C19H26Si3. The minimum Gasteiger partial charge on any atom is -0.122 e. The second kappa shape index (κ2) is 5.83. The molecule has 1 spiro atoms. The van der Waals surface area contributed by atoms with Crippen LogP contribution in [0.3, 0.4) is 0 Å². The predicted octanol–water partition coefficient (Wildman–Crippen LogP) is 3.93. The van der Waals surface area contributed by atoms with Crippen molar-refractivity contribution in [1.29, 1.82) is 0 Å². The molecule has 0 saturated carbocycles. The summed E-state index contributed by atoms with van der Waals surface area (Å²) < 4.78 is 0. The summed E-state index contributed by atoms with van der Waals surface area (Å²) in [6.07, 6.45) is 2.60. The van der Waals surface area contributed by atoms with E-state index >= 15 is 0 Å². The molecule has 2 rings (SSSR count). The second-order valence-electron chi connectivity index (χ2n) is 8.16. The lowest BCUT2D eigenvalue weighted by Gasteiger charge is -2.17. The third-order valence-corrected chi connectivity index (χ3v) is 11.2. The maximum atomic E-state index is 3.71. The van der Waals surface area contributed by atoms with Gasteiger partial charge in [-0.15, -0.1) is 33.3 Å². The summed E-state index contributed by atoms with van der Waals surface area (Å²) in [5.74, 6) is 6.93. The van der Waals surface area contributed by atoms with Crippen molar-refractivity contribution >= 4 is 24.2 Å². The van der Waals surface area contributed by atoms with Crippen LogP contribution < -0.4 is 0 Å². The van der Waals surface area contributed by atoms with Gasteiger partial charge in [-0.25, -0.2) is 0 Å². The van der Waals surface area contributed by atoms with Crippen molar-refractivity contribution in [3.05, 3.63) is 0 Å². The van der Waals surface area contributed by atoms with E-state index in [-0.39, 0.29) is 5.41 Å². The van der Waals surface area contributed by atoms with Crippen molar-refractivity contribution in [2.75, 3.05) is 0 Å². The Balaban J connectivity index is 2.57. The highest BCUT2D eigenvalue weighted by Crippen LogP contribution is 2.29. The molecule has 1 saturated heterocycles. The van der Waals surface area contributed by atoms with Crippen LogP contribution in [0.2, 0.25) is 38.3 Å². The molecule has 0 nitrogen and oxygen atoms in total. The van der Waals surface area contributed by atoms with Gasteiger partial charge < -0.3 is 0 Å². The number of hydrogen-bond acceptors (Lipinski definition) is 0. The van der Waals surface area contributed by atoms with Gasteiger partial charge in [-0.2, -0.15) is 0 Å². The van der Waals surface area contributed by atoms with E-state index in [0.29, 0.717) is 0 Å². The monoisotopic (exact) mass is 338 g/mol. The number of hydrogen-bond donors (Lipinski definition) is 0. The number of rotatable bonds is 0. The van der Waals surface area contributed by atoms with Crippen molar-refractivity contribution < 1.29 is 0 Å². The summed E-state index contributed by atoms with van der Waals surface area (Å²) >= 11 is 0. The zero-order valence-electron chi connectivity index (χ0n) is 14.8. The van der Waals surface area contributed by atoms with Crippen molar-refractivity contribution in [2.45, 2.75) is 65.0 Å². The maximum absolute atomic E-state index is 3.71. The Morgan fingerprint density at radius 3 is 1.68 bits per heavy atom. The van der Waals surface area contributed by atoms with Crippen LogP contribution in [-0.2, 0) is 0 Å². The Morgan fingerprint density at radius 2 is 1.09 bits per heavy atom. The van der Waals surface area contributed by atoms with Crippen LogP contribution in [0.25, 0.3) is 0 Å². The van der Waals surface area contributed by atoms with E-state index in [1.165, 1.54) is 24.9 Å². The topological polar surface area (TPSA) is 0 Å². The van der Waals surface area contributed by atoms with Crippen LogP contribution in [-0.4, -0.2) is 24.2 Å². The fourth-order valence-corrected chi connectivity index (χ4v) is 11.1. The maximum Gasteiger partial charge on any atom is 0.216 e. The molecule has 2 aliphatic heterocycles. The Bertz CT molecular complexity index is 648. The molecule has 0 amide bonds. The lowest BCUT2D eigenvalue weighted by Crippen LogP contribution is -2.32. The molecular weight excluding hydrogens is 312 g/mol. The van der Waals surface area contributed by atoms with Crippen molar-refractivity contribution in [2.24, 2.45) is 5.41 Å². The molecule has 0 aromatic carbocycles. The van der Waals surface area contributed by atoms with Gasteiger partial charge in [-0.3, -0.25) is 0 Å². The third kappa shape index (κ3) is 4.69. The van der Waals surface area contributed by atoms with Crippen molar-refractivity contribution in [1.82, 2.24) is 0 Å². The third-order valence-electron chi connectivity index (χ3n) is 4.06. The first-order chi connectivity index (χ1) is 10.0. The van der Waals surface area contributed by atoms with Gasteiger partial charge in [0.2, 0.25) is 24.2 Å². The van der Waals surface area contributed by atoms with E-state index in [2.05, 4.69) is 85.1 Å². The molecule has 3 heteroatoms. The molecule has 0 aromatic heterocycles. The van der Waals surface area contributed by atoms with E-state index in [1.54, 1.807) is 0 Å². The van der Waals surface area contributed by atoms with Crippen LogP contribution in [0.1, 0.15) is 26.7 Å². The molecule has 114 valence electrons. The largest absolute Gasteiger partial charge is 0.216 e. The first kappa shape index (κ1) is 17.2. The average molecular weight is 339 g/mol. The van der Waals surface area contributed by atoms with Gasteiger partial charge in [0, 0.05) is 0 Å². The van der Waals surface area contributed by atoms with E-state index < -0.39 is 24.2 Å². The normalized spacial score (nSPS) is 25.5. The summed E-state index contributed by atoms with van der Waals surface area (Å²) in [6, 6.07) is 2.49. The second-order valence-corrected chi connectivity index (χ2v) is 19.3. The highest BCUT2D eigenvalue weighted by atomic mass is 28.3. The van der Waals surface area contributed by atoms with Crippen LogP contribution >= 0.6 is 0 Å². The molecule has 2 heterocycles. The SMILES string of the molecule is CC1(C)C#C[Si](C)(C)C#C[Si](C)(C)C#C[Si]2(C#C1)CCCC2. The molecule has 1 fully saturated rings. The molecule has 0 N–H and O–H groups in total. The van der Waals surface area contributed by atoms with Crippen LogP contribution in [0.4, 0.5) is 0 Å². The lowest BCUT2D eigenvalue weighted by atomic mass is 9.97. The summed E-state index contributed by atoms with van der Waals surface area (Å²) in [7, 11) is -5.29. The van der Waals surface area contributed by atoms with Gasteiger partial charge in [-0.1, -0.05) is 24.7 Å². The smallest absolute Gasteiger partial charge is 0.122 e. The standard InChI is InChI=1S/C19H26Si3/c1-19(2)9-13-20(3,4)15-16-21(5,6)17-18-22(14-10-19)11-7-8-12-22/h7-8,11-12H2,1-6H3. The van der Waals surface area contributed by atoms with E-state index in [4.69, 9.17) is 0 Å². The van der Waals surface area contributed by atoms with Gasteiger partial charge in [0.25, 0.3) is 0 Å². The van der Waals surface area contributed by atoms with Gasteiger partial charge in [0.05, 0.1) is 5.41 Å². The minimum absolute atomic E-state index is 0.234. The van der Waals surface area contributed by atoms with Crippen LogP contribution in [0, 0.1) is 50.5 Å². The van der Waals surface area contributed by atoms with Gasteiger partial charge in [0.15, 0.2) is 0 Å². The van der Waals surface area contributed by atoms with E-state index in [9.17, 15) is 0 Å². The van der Waals surface area contributed by atoms with Crippen molar-refractivity contribution in [3.8, 4) is 45.1 Å². The van der Waals surface area contributed by atoms with Crippen molar-refractivity contribution in [3.63, 3.8) is 0 Å². The fourth-order valence-electron chi connectivity index (χ4n) is 2.53. The first-order valence-corrected chi connectivity index (χ1v) is 16.6. The summed E-state index contributed by atoms with van der Waals surface area (Å²) in [5, 5.41) is 0. The lowest BCUT2D eigenvalue weighted by molar-refractivity contribution is 0.686. The molecule has 0 unspecified atom stereocenters. The Hall–Kier alpha value is -1.11. The molecule has 0 radical (unpaired) electrons. The molecule has 0 atom stereocenters. The van der Waals surface area contributed by atoms with Crippen LogP contribution in [0.15, 0.2) is 0 Å². The van der Waals surface area contributed by atoms with Gasteiger partial charge in [0.1, 0.15) is 0 Å². The summed E-state index contributed by atoms with van der Waals surface area (Å²) in [5.41, 5.74) is 21.3. The molecule has 0 bridgehead atoms. The highest BCUT2D eigenvalue weighted by Gasteiger charge is 2.35. The van der Waals surface area contributed by atoms with E-state index in [0.717, 1.165) is 0 Å². The molecule has 22 heavy (non-hydrogen) atoms. The molecule has 0 aromatic rings.